The molecular weight excluding hydrogens is 562 g/mol. The maximum absolute atomic E-state index is 13.7. The van der Waals surface area contributed by atoms with Crippen molar-refractivity contribution in [3.63, 3.8) is 0 Å². The van der Waals surface area contributed by atoms with Crippen LogP contribution in [0.5, 0.6) is 0 Å². The third kappa shape index (κ3) is 4.94. The third-order valence-electron chi connectivity index (χ3n) is 7.19. The van der Waals surface area contributed by atoms with Crippen LogP contribution in [0, 0.1) is 5.82 Å². The van der Waals surface area contributed by atoms with Gasteiger partial charge < -0.3 is 9.80 Å². The molecule has 3 aromatic rings. The molecular formula is C26H24FN5O4S3. The number of nitrogens with zero attached hydrogens (tertiary/aromatic N) is 5. The molecule has 39 heavy (non-hydrogen) atoms. The fourth-order valence-corrected chi connectivity index (χ4v) is 8.27. The number of thiocarbonyl (C=S) groups is 1. The van der Waals surface area contributed by atoms with Gasteiger partial charge >= 0.3 is 0 Å². The first kappa shape index (κ1) is 26.0. The largest absolute Gasteiger partial charge is 0.368 e. The van der Waals surface area contributed by atoms with Gasteiger partial charge in [-0.1, -0.05) is 30.0 Å². The highest BCUT2D eigenvalue weighted by atomic mass is 32.2. The number of benzene rings is 1. The van der Waals surface area contributed by atoms with Gasteiger partial charge in [-0.25, -0.2) is 17.8 Å². The Morgan fingerprint density at radius 2 is 1.74 bits per heavy atom. The maximum atomic E-state index is 13.7. The molecule has 202 valence electrons. The summed E-state index contributed by atoms with van der Waals surface area (Å²) in [4.78, 5) is 37.7. The average molecular weight is 586 g/mol. The van der Waals surface area contributed by atoms with E-state index in [1.165, 1.54) is 21.4 Å². The van der Waals surface area contributed by atoms with E-state index in [0.29, 0.717) is 44.1 Å². The molecule has 1 amide bonds. The first-order valence-electron chi connectivity index (χ1n) is 12.4. The number of amides is 1. The van der Waals surface area contributed by atoms with E-state index < -0.39 is 21.8 Å². The Bertz CT molecular complexity index is 1680. The number of hydrogen-bond donors (Lipinski definition) is 0. The van der Waals surface area contributed by atoms with E-state index in [0.717, 1.165) is 17.4 Å². The van der Waals surface area contributed by atoms with Gasteiger partial charge in [-0.05, 0) is 48.9 Å². The van der Waals surface area contributed by atoms with Crippen molar-refractivity contribution < 1.29 is 17.6 Å². The molecule has 1 atom stereocenters. The van der Waals surface area contributed by atoms with E-state index in [-0.39, 0.29) is 37.7 Å². The quantitative estimate of drug-likeness (QED) is 0.338. The molecule has 0 spiro atoms. The maximum Gasteiger partial charge on any atom is 0.267 e. The Morgan fingerprint density at radius 3 is 2.44 bits per heavy atom. The number of fused-ring (bicyclic) bond motifs is 1. The van der Waals surface area contributed by atoms with Gasteiger partial charge in [-0.3, -0.25) is 18.9 Å². The van der Waals surface area contributed by atoms with Crippen LogP contribution in [0.25, 0.3) is 11.7 Å². The SMILES string of the molecule is O=C1/C(=C/c2c(N3CCN(c4ccc(F)cc4)CC3)nc3ccccn3c2=O)SC(=S)N1[C@@H]1CCS(=O)(=O)C1. The number of hydrogen-bond acceptors (Lipinski definition) is 9. The zero-order valence-corrected chi connectivity index (χ0v) is 23.1. The van der Waals surface area contributed by atoms with Crippen LogP contribution in [0.1, 0.15) is 12.0 Å². The summed E-state index contributed by atoms with van der Waals surface area (Å²) in [5.41, 5.74) is 1.36. The number of halogens is 1. The number of rotatable bonds is 4. The zero-order chi connectivity index (χ0) is 27.3. The van der Waals surface area contributed by atoms with Gasteiger partial charge in [0.2, 0.25) is 0 Å². The lowest BCUT2D eigenvalue weighted by Crippen LogP contribution is -2.47. The first-order chi connectivity index (χ1) is 18.7. The van der Waals surface area contributed by atoms with Crippen molar-refractivity contribution in [2.24, 2.45) is 0 Å². The Labute approximate surface area is 233 Å². The number of pyridine rings is 1. The molecule has 0 bridgehead atoms. The van der Waals surface area contributed by atoms with E-state index in [1.807, 2.05) is 4.90 Å². The molecule has 9 nitrogen and oxygen atoms in total. The summed E-state index contributed by atoms with van der Waals surface area (Å²) in [5.74, 6) is -0.299. The smallest absolute Gasteiger partial charge is 0.267 e. The lowest BCUT2D eigenvalue weighted by molar-refractivity contribution is -0.123. The first-order valence-corrected chi connectivity index (χ1v) is 15.5. The van der Waals surface area contributed by atoms with Crippen molar-refractivity contribution in [1.82, 2.24) is 14.3 Å². The summed E-state index contributed by atoms with van der Waals surface area (Å²) >= 11 is 6.52. The van der Waals surface area contributed by atoms with Crippen LogP contribution in [-0.2, 0) is 14.6 Å². The molecule has 3 aliphatic rings. The minimum atomic E-state index is -3.21. The number of sulfone groups is 1. The highest BCUT2D eigenvalue weighted by Crippen LogP contribution is 2.37. The van der Waals surface area contributed by atoms with Crippen molar-refractivity contribution >= 4 is 67.3 Å². The van der Waals surface area contributed by atoms with E-state index in [9.17, 15) is 22.4 Å². The number of anilines is 2. The van der Waals surface area contributed by atoms with Crippen LogP contribution in [0.2, 0.25) is 0 Å². The Morgan fingerprint density at radius 1 is 1.03 bits per heavy atom. The van der Waals surface area contributed by atoms with Crippen LogP contribution in [-0.4, -0.2) is 76.7 Å². The van der Waals surface area contributed by atoms with Crippen molar-refractivity contribution in [3.8, 4) is 0 Å². The van der Waals surface area contributed by atoms with Crippen molar-refractivity contribution in [2.45, 2.75) is 12.5 Å². The standard InChI is InChI=1S/C26H24FN5O4S3/c27-17-4-6-18(7-5-17)29-10-12-30(13-11-29)23-20(24(33)31-9-2-1-3-22(31)28-23)15-21-25(34)32(26(37)38-21)19-8-14-39(35,36)16-19/h1-7,9,15,19H,8,10-14,16H2/b21-15-/t19-/m1/s1. The highest BCUT2D eigenvalue weighted by Gasteiger charge is 2.42. The monoisotopic (exact) mass is 585 g/mol. The molecule has 2 aromatic heterocycles. The molecule has 3 fully saturated rings. The Hall–Kier alpha value is -3.29. The van der Waals surface area contributed by atoms with Gasteiger partial charge in [-0.2, -0.15) is 0 Å². The summed E-state index contributed by atoms with van der Waals surface area (Å²) in [6, 6.07) is 11.2. The molecule has 1 aromatic carbocycles. The summed E-state index contributed by atoms with van der Waals surface area (Å²) < 4.78 is 39.1. The zero-order valence-electron chi connectivity index (χ0n) is 20.7. The topological polar surface area (TPSA) is 95.3 Å². The number of carbonyl (C=O) groups excluding carboxylic acids is 1. The van der Waals surface area contributed by atoms with Gasteiger partial charge in [0.1, 0.15) is 21.6 Å². The van der Waals surface area contributed by atoms with E-state index in [4.69, 9.17) is 17.2 Å². The molecule has 3 saturated heterocycles. The Balaban J connectivity index is 1.34. The molecule has 0 saturated carbocycles. The molecule has 6 rings (SSSR count). The fourth-order valence-electron chi connectivity index (χ4n) is 5.19. The van der Waals surface area contributed by atoms with Crippen molar-refractivity contribution in [1.29, 1.82) is 0 Å². The molecule has 0 radical (unpaired) electrons. The molecule has 13 heteroatoms. The number of carbonyl (C=O) groups is 1. The summed E-state index contributed by atoms with van der Waals surface area (Å²) in [7, 11) is -3.21. The fraction of sp³-hybridized carbons (Fsp3) is 0.308. The van der Waals surface area contributed by atoms with Crippen LogP contribution >= 0.6 is 24.0 Å². The van der Waals surface area contributed by atoms with Gasteiger partial charge in [0.05, 0.1) is 28.0 Å². The second kappa shape index (κ2) is 10.0. The molecule has 3 aliphatic heterocycles. The van der Waals surface area contributed by atoms with Crippen molar-refractivity contribution in [3.05, 3.63) is 75.3 Å². The minimum absolute atomic E-state index is 0.0256. The van der Waals surface area contributed by atoms with Crippen molar-refractivity contribution in [2.75, 3.05) is 47.5 Å². The van der Waals surface area contributed by atoms with Gasteiger partial charge in [-0.15, -0.1) is 0 Å². The van der Waals surface area contributed by atoms with E-state index in [2.05, 4.69) is 4.90 Å². The number of aromatic nitrogens is 2. The third-order valence-corrected chi connectivity index (χ3v) is 10.3. The molecule has 0 unspecified atom stereocenters. The minimum Gasteiger partial charge on any atom is -0.368 e. The molecule has 0 N–H and O–H groups in total. The Kier molecular flexibility index (Phi) is 6.68. The van der Waals surface area contributed by atoms with Crippen LogP contribution in [0.3, 0.4) is 0 Å². The summed E-state index contributed by atoms with van der Waals surface area (Å²) in [6.07, 6.45) is 3.51. The van der Waals surface area contributed by atoms with Crippen LogP contribution in [0.4, 0.5) is 15.9 Å². The van der Waals surface area contributed by atoms with E-state index in [1.54, 1.807) is 42.6 Å². The summed E-state index contributed by atoms with van der Waals surface area (Å²) in [6.45, 7) is 2.40. The highest BCUT2D eigenvalue weighted by molar-refractivity contribution is 8.26. The lowest BCUT2D eigenvalue weighted by Gasteiger charge is -2.37. The summed E-state index contributed by atoms with van der Waals surface area (Å²) in [5, 5.41) is 0. The molecule has 5 heterocycles. The number of thioether (sulfide) groups is 1. The van der Waals surface area contributed by atoms with Gasteiger partial charge in [0.25, 0.3) is 11.5 Å². The average Bonchev–Trinajstić information content (AvgIpc) is 3.42. The molecule has 0 aliphatic carbocycles. The van der Waals surface area contributed by atoms with Crippen LogP contribution < -0.4 is 15.4 Å². The van der Waals surface area contributed by atoms with Gasteiger partial charge in [0, 0.05) is 38.1 Å². The normalized spacial score (nSPS) is 22.4. The van der Waals surface area contributed by atoms with E-state index >= 15 is 0 Å². The second-order valence-electron chi connectivity index (χ2n) is 9.64. The number of piperazine rings is 1. The van der Waals surface area contributed by atoms with Crippen LogP contribution in [0.15, 0.2) is 58.4 Å². The van der Waals surface area contributed by atoms with Gasteiger partial charge in [0.15, 0.2) is 9.84 Å². The predicted octanol–water partition coefficient (Wildman–Crippen LogP) is 2.55. The lowest BCUT2D eigenvalue weighted by atomic mass is 10.2. The second-order valence-corrected chi connectivity index (χ2v) is 13.5. The predicted molar refractivity (Wildman–Crippen MR) is 154 cm³/mol.